The summed E-state index contributed by atoms with van der Waals surface area (Å²) >= 11 is 5.10. The smallest absolute Gasteiger partial charge is 0.170 e. The van der Waals surface area contributed by atoms with Crippen molar-refractivity contribution in [3.05, 3.63) is 29.8 Å². The molecule has 0 radical (unpaired) electrons. The average Bonchev–Trinajstić information content (AvgIpc) is 2.30. The standard InChI is InChI=1S/C13H17N3S/c1-10(2)11-4-6-12(7-5-11)16-13(17)15-9-3-8-14/h4-7,10H,3,9H2,1-2H3,(H2,15,16,17). The molecule has 0 aliphatic rings. The Kier molecular flexibility index (Phi) is 5.44. The number of nitrogens with zero attached hydrogens (tertiary/aromatic N) is 1. The molecular formula is C13H17N3S. The first-order valence-corrected chi connectivity index (χ1v) is 6.06. The molecule has 1 aromatic carbocycles. The van der Waals surface area contributed by atoms with Crippen molar-refractivity contribution in [1.82, 2.24) is 5.32 Å². The van der Waals surface area contributed by atoms with E-state index in [1.165, 1.54) is 5.56 Å². The lowest BCUT2D eigenvalue weighted by molar-refractivity contribution is 0.867. The Balaban J connectivity index is 2.46. The minimum atomic E-state index is 0.452. The van der Waals surface area contributed by atoms with Crippen LogP contribution in [0.15, 0.2) is 24.3 Å². The molecule has 4 heteroatoms. The van der Waals surface area contributed by atoms with E-state index in [0.29, 0.717) is 24.0 Å². The Hall–Kier alpha value is -1.60. The summed E-state index contributed by atoms with van der Waals surface area (Å²) < 4.78 is 0. The fraction of sp³-hybridized carbons (Fsp3) is 0.385. The van der Waals surface area contributed by atoms with Crippen LogP contribution in [0.1, 0.15) is 31.7 Å². The van der Waals surface area contributed by atoms with Gasteiger partial charge in [0.25, 0.3) is 0 Å². The van der Waals surface area contributed by atoms with Gasteiger partial charge in [-0.15, -0.1) is 0 Å². The lowest BCUT2D eigenvalue weighted by Gasteiger charge is -2.10. The summed E-state index contributed by atoms with van der Waals surface area (Å²) in [6, 6.07) is 10.2. The van der Waals surface area contributed by atoms with Crippen molar-refractivity contribution in [2.75, 3.05) is 11.9 Å². The predicted molar refractivity (Wildman–Crippen MR) is 75.0 cm³/mol. The van der Waals surface area contributed by atoms with Crippen LogP contribution >= 0.6 is 12.2 Å². The fourth-order valence-electron chi connectivity index (χ4n) is 1.36. The largest absolute Gasteiger partial charge is 0.361 e. The van der Waals surface area contributed by atoms with Gasteiger partial charge in [-0.25, -0.2) is 0 Å². The van der Waals surface area contributed by atoms with Gasteiger partial charge in [0.15, 0.2) is 5.11 Å². The second-order valence-electron chi connectivity index (χ2n) is 4.07. The van der Waals surface area contributed by atoms with E-state index in [4.69, 9.17) is 17.5 Å². The first-order chi connectivity index (χ1) is 8.13. The second-order valence-corrected chi connectivity index (χ2v) is 4.47. The zero-order chi connectivity index (χ0) is 12.7. The highest BCUT2D eigenvalue weighted by atomic mass is 32.1. The summed E-state index contributed by atoms with van der Waals surface area (Å²) in [5.74, 6) is 0.532. The normalized spacial score (nSPS) is 9.76. The van der Waals surface area contributed by atoms with Gasteiger partial charge in [-0.1, -0.05) is 26.0 Å². The minimum Gasteiger partial charge on any atom is -0.361 e. The van der Waals surface area contributed by atoms with Gasteiger partial charge >= 0.3 is 0 Å². The van der Waals surface area contributed by atoms with E-state index in [1.54, 1.807) is 0 Å². The first kappa shape index (κ1) is 13.5. The quantitative estimate of drug-likeness (QED) is 0.634. The first-order valence-electron chi connectivity index (χ1n) is 5.65. The molecule has 2 N–H and O–H groups in total. The van der Waals surface area contributed by atoms with Crippen LogP contribution in [0.25, 0.3) is 0 Å². The van der Waals surface area contributed by atoms with Crippen LogP contribution in [0, 0.1) is 11.3 Å². The number of rotatable bonds is 4. The molecule has 0 spiro atoms. The van der Waals surface area contributed by atoms with Crippen LogP contribution < -0.4 is 10.6 Å². The number of hydrogen-bond acceptors (Lipinski definition) is 2. The van der Waals surface area contributed by atoms with Gasteiger partial charge in [-0.05, 0) is 35.8 Å². The molecule has 17 heavy (non-hydrogen) atoms. The van der Waals surface area contributed by atoms with E-state index < -0.39 is 0 Å². The van der Waals surface area contributed by atoms with Gasteiger partial charge in [0.05, 0.1) is 12.5 Å². The van der Waals surface area contributed by atoms with E-state index in [2.05, 4.69) is 42.7 Å². The Morgan fingerprint density at radius 2 is 2.00 bits per heavy atom. The molecule has 0 bridgehead atoms. The van der Waals surface area contributed by atoms with Gasteiger partial charge in [0.1, 0.15) is 0 Å². The lowest BCUT2D eigenvalue weighted by atomic mass is 10.0. The summed E-state index contributed by atoms with van der Waals surface area (Å²) in [6.45, 7) is 4.90. The fourth-order valence-corrected chi connectivity index (χ4v) is 1.58. The monoisotopic (exact) mass is 247 g/mol. The van der Waals surface area contributed by atoms with E-state index in [0.717, 1.165) is 5.69 Å². The average molecular weight is 247 g/mol. The number of benzene rings is 1. The van der Waals surface area contributed by atoms with Gasteiger partial charge in [-0.3, -0.25) is 0 Å². The molecule has 0 aliphatic heterocycles. The molecule has 0 unspecified atom stereocenters. The van der Waals surface area contributed by atoms with Crippen molar-refractivity contribution in [1.29, 1.82) is 5.26 Å². The van der Waals surface area contributed by atoms with E-state index in [-0.39, 0.29) is 0 Å². The van der Waals surface area contributed by atoms with Crippen LogP contribution in [0.2, 0.25) is 0 Å². The van der Waals surface area contributed by atoms with E-state index >= 15 is 0 Å². The number of nitrogens with one attached hydrogen (secondary N) is 2. The summed E-state index contributed by atoms with van der Waals surface area (Å²) in [6.07, 6.45) is 0.452. The van der Waals surface area contributed by atoms with Gasteiger partial charge in [-0.2, -0.15) is 5.26 Å². The molecular weight excluding hydrogens is 230 g/mol. The predicted octanol–water partition coefficient (Wildman–Crippen LogP) is 3.01. The van der Waals surface area contributed by atoms with E-state index in [9.17, 15) is 0 Å². The van der Waals surface area contributed by atoms with Crippen molar-refractivity contribution < 1.29 is 0 Å². The number of anilines is 1. The molecule has 0 saturated carbocycles. The van der Waals surface area contributed by atoms with Crippen molar-refractivity contribution in [3.63, 3.8) is 0 Å². The highest BCUT2D eigenvalue weighted by Crippen LogP contribution is 2.16. The number of hydrogen-bond donors (Lipinski definition) is 2. The maximum atomic E-state index is 8.40. The van der Waals surface area contributed by atoms with Crippen molar-refractivity contribution in [2.45, 2.75) is 26.2 Å². The summed E-state index contributed by atoms with van der Waals surface area (Å²) in [5, 5.41) is 15.0. The molecule has 0 heterocycles. The maximum absolute atomic E-state index is 8.40. The van der Waals surface area contributed by atoms with Crippen LogP contribution in [0.4, 0.5) is 5.69 Å². The Labute approximate surface area is 108 Å². The molecule has 1 aromatic rings. The van der Waals surface area contributed by atoms with Crippen LogP contribution in [-0.2, 0) is 0 Å². The molecule has 0 amide bonds. The third-order valence-corrected chi connectivity index (χ3v) is 2.60. The third kappa shape index (κ3) is 4.83. The SMILES string of the molecule is CC(C)c1ccc(NC(=S)NCCC#N)cc1. The molecule has 0 fully saturated rings. The molecule has 90 valence electrons. The van der Waals surface area contributed by atoms with Gasteiger partial charge in [0, 0.05) is 12.2 Å². The molecule has 0 saturated heterocycles. The lowest BCUT2D eigenvalue weighted by Crippen LogP contribution is -2.29. The third-order valence-electron chi connectivity index (χ3n) is 2.36. The Morgan fingerprint density at radius 1 is 1.35 bits per heavy atom. The summed E-state index contributed by atoms with van der Waals surface area (Å²) in [7, 11) is 0. The van der Waals surface area contributed by atoms with Crippen molar-refractivity contribution in [3.8, 4) is 6.07 Å². The summed E-state index contributed by atoms with van der Waals surface area (Å²) in [4.78, 5) is 0. The number of thiocarbonyl (C=S) groups is 1. The Bertz CT molecular complexity index is 404. The van der Waals surface area contributed by atoms with Gasteiger partial charge < -0.3 is 10.6 Å². The maximum Gasteiger partial charge on any atom is 0.170 e. The molecule has 0 aromatic heterocycles. The second kappa shape index (κ2) is 6.87. The molecule has 1 rings (SSSR count). The minimum absolute atomic E-state index is 0.452. The van der Waals surface area contributed by atoms with Crippen LogP contribution in [0.3, 0.4) is 0 Å². The molecule has 0 aliphatic carbocycles. The molecule has 3 nitrogen and oxygen atoms in total. The van der Waals surface area contributed by atoms with E-state index in [1.807, 2.05) is 12.1 Å². The van der Waals surface area contributed by atoms with Crippen molar-refractivity contribution in [2.24, 2.45) is 0 Å². The Morgan fingerprint density at radius 3 is 2.53 bits per heavy atom. The summed E-state index contributed by atoms with van der Waals surface area (Å²) in [5.41, 5.74) is 2.27. The topological polar surface area (TPSA) is 47.8 Å². The molecule has 0 atom stereocenters. The van der Waals surface area contributed by atoms with Crippen LogP contribution in [-0.4, -0.2) is 11.7 Å². The zero-order valence-electron chi connectivity index (χ0n) is 10.2. The number of nitriles is 1. The van der Waals surface area contributed by atoms with Crippen LogP contribution in [0.5, 0.6) is 0 Å². The van der Waals surface area contributed by atoms with Crippen molar-refractivity contribution >= 4 is 23.0 Å². The van der Waals surface area contributed by atoms with Gasteiger partial charge in [0.2, 0.25) is 0 Å². The zero-order valence-corrected chi connectivity index (χ0v) is 11.0. The highest BCUT2D eigenvalue weighted by Gasteiger charge is 2.00. The highest BCUT2D eigenvalue weighted by molar-refractivity contribution is 7.80.